The summed E-state index contributed by atoms with van der Waals surface area (Å²) >= 11 is 0. The molecule has 0 fully saturated rings. The second-order valence-electron chi connectivity index (χ2n) is 2.25. The quantitative estimate of drug-likeness (QED) is 0.611. The number of halogens is 3. The summed E-state index contributed by atoms with van der Waals surface area (Å²) in [6.07, 6.45) is -4.42. The van der Waals surface area contributed by atoms with Gasteiger partial charge in [0.25, 0.3) is 0 Å². The van der Waals surface area contributed by atoms with E-state index in [1.165, 1.54) is 0 Å². The van der Waals surface area contributed by atoms with Crippen molar-refractivity contribution >= 4 is 5.97 Å². The summed E-state index contributed by atoms with van der Waals surface area (Å²) in [4.78, 5) is 10.6. The molecule has 0 aromatic heterocycles. The number of esters is 1. The van der Waals surface area contributed by atoms with Crippen molar-refractivity contribution in [1.82, 2.24) is 5.32 Å². The predicted molar refractivity (Wildman–Crippen MR) is 36.9 cm³/mol. The van der Waals surface area contributed by atoms with Gasteiger partial charge in [0, 0.05) is 0 Å². The average Bonchev–Trinajstić information content (AvgIpc) is 2.03. The Labute approximate surface area is 72.7 Å². The van der Waals surface area contributed by atoms with Gasteiger partial charge >= 0.3 is 12.1 Å². The van der Waals surface area contributed by atoms with Gasteiger partial charge in [-0.1, -0.05) is 0 Å². The molecule has 0 bridgehead atoms. The van der Waals surface area contributed by atoms with Crippen LogP contribution in [0.1, 0.15) is 0 Å². The number of carbonyl (C=O) groups is 1. The standard InChI is InChI=1S/C6H10F3NO3/c1-13-5(12)4(2-11)10-3-6(7,8)9/h4,10-11H,2-3H2,1H3. The van der Waals surface area contributed by atoms with Crippen molar-refractivity contribution in [2.24, 2.45) is 0 Å². The lowest BCUT2D eigenvalue weighted by atomic mass is 10.3. The highest BCUT2D eigenvalue weighted by atomic mass is 19.4. The number of carbonyl (C=O) groups excluding carboxylic acids is 1. The zero-order chi connectivity index (χ0) is 10.5. The van der Waals surface area contributed by atoms with Crippen molar-refractivity contribution in [3.05, 3.63) is 0 Å². The smallest absolute Gasteiger partial charge is 0.401 e. The maximum Gasteiger partial charge on any atom is 0.401 e. The minimum atomic E-state index is -4.42. The minimum absolute atomic E-state index is 0.733. The largest absolute Gasteiger partial charge is 0.468 e. The van der Waals surface area contributed by atoms with Crippen LogP contribution < -0.4 is 5.32 Å². The Morgan fingerprint density at radius 2 is 2.15 bits per heavy atom. The van der Waals surface area contributed by atoms with E-state index in [0.717, 1.165) is 7.11 Å². The van der Waals surface area contributed by atoms with E-state index in [1.54, 1.807) is 0 Å². The number of aliphatic hydroxyl groups is 1. The average molecular weight is 201 g/mol. The van der Waals surface area contributed by atoms with Gasteiger partial charge in [0.05, 0.1) is 20.3 Å². The summed E-state index contributed by atoms with van der Waals surface area (Å²) < 4.78 is 39.0. The van der Waals surface area contributed by atoms with Crippen molar-refractivity contribution in [2.75, 3.05) is 20.3 Å². The number of alkyl halides is 3. The molecule has 0 radical (unpaired) electrons. The number of nitrogens with one attached hydrogen (secondary N) is 1. The van der Waals surface area contributed by atoms with Gasteiger partial charge in [-0.2, -0.15) is 13.2 Å². The van der Waals surface area contributed by atoms with Gasteiger partial charge in [0.1, 0.15) is 6.04 Å². The molecule has 0 aromatic rings. The Bertz CT molecular complexity index is 171. The lowest BCUT2D eigenvalue weighted by Gasteiger charge is -2.14. The highest BCUT2D eigenvalue weighted by molar-refractivity contribution is 5.75. The summed E-state index contributed by atoms with van der Waals surface area (Å²) in [5.74, 6) is -0.924. The number of hydrogen-bond acceptors (Lipinski definition) is 4. The van der Waals surface area contributed by atoms with Crippen LogP contribution in [-0.2, 0) is 9.53 Å². The molecule has 13 heavy (non-hydrogen) atoms. The molecule has 7 heteroatoms. The summed E-state index contributed by atoms with van der Waals surface area (Å²) in [5.41, 5.74) is 0. The highest BCUT2D eigenvalue weighted by Crippen LogP contribution is 2.12. The summed E-state index contributed by atoms with van der Waals surface area (Å²) in [5, 5.41) is 10.3. The molecule has 1 unspecified atom stereocenters. The Kier molecular flexibility index (Phi) is 4.71. The zero-order valence-corrected chi connectivity index (χ0v) is 6.89. The maximum atomic E-state index is 11.6. The lowest BCUT2D eigenvalue weighted by Crippen LogP contribution is -2.44. The van der Waals surface area contributed by atoms with E-state index in [-0.39, 0.29) is 0 Å². The van der Waals surface area contributed by atoms with Crippen LogP contribution in [0.5, 0.6) is 0 Å². The van der Waals surface area contributed by atoms with E-state index in [2.05, 4.69) is 4.74 Å². The third-order valence-electron chi connectivity index (χ3n) is 1.22. The Hall–Kier alpha value is -0.820. The van der Waals surface area contributed by atoms with Crippen LogP contribution in [0.25, 0.3) is 0 Å². The first-order valence-electron chi connectivity index (χ1n) is 3.39. The van der Waals surface area contributed by atoms with Gasteiger partial charge < -0.3 is 9.84 Å². The maximum absolute atomic E-state index is 11.6. The topological polar surface area (TPSA) is 58.6 Å². The molecule has 0 saturated carbocycles. The van der Waals surface area contributed by atoms with E-state index in [0.29, 0.717) is 0 Å². The molecule has 2 N–H and O–H groups in total. The SMILES string of the molecule is COC(=O)C(CO)NCC(F)(F)F. The molecule has 1 atom stereocenters. The first-order valence-corrected chi connectivity index (χ1v) is 3.39. The lowest BCUT2D eigenvalue weighted by molar-refractivity contribution is -0.147. The van der Waals surface area contributed by atoms with E-state index >= 15 is 0 Å². The minimum Gasteiger partial charge on any atom is -0.468 e. The molecule has 4 nitrogen and oxygen atoms in total. The van der Waals surface area contributed by atoms with Crippen LogP contribution in [-0.4, -0.2) is 43.6 Å². The summed E-state index contributed by atoms with van der Waals surface area (Å²) in [6, 6.07) is -1.33. The third-order valence-corrected chi connectivity index (χ3v) is 1.22. The third kappa shape index (κ3) is 5.42. The molecule has 0 aliphatic heterocycles. The Balaban J connectivity index is 3.93. The van der Waals surface area contributed by atoms with Crippen molar-refractivity contribution in [3.63, 3.8) is 0 Å². The molecular weight excluding hydrogens is 191 g/mol. The van der Waals surface area contributed by atoms with Gasteiger partial charge in [-0.3, -0.25) is 10.1 Å². The van der Waals surface area contributed by atoms with Crippen molar-refractivity contribution in [2.45, 2.75) is 12.2 Å². The van der Waals surface area contributed by atoms with Crippen LogP contribution in [0.2, 0.25) is 0 Å². The fourth-order valence-corrected chi connectivity index (χ4v) is 0.604. The second-order valence-corrected chi connectivity index (χ2v) is 2.25. The number of aliphatic hydroxyl groups excluding tert-OH is 1. The van der Waals surface area contributed by atoms with Crippen LogP contribution in [0.4, 0.5) is 13.2 Å². The van der Waals surface area contributed by atoms with Gasteiger partial charge in [-0.25, -0.2) is 0 Å². The molecule has 78 valence electrons. The monoisotopic (exact) mass is 201 g/mol. The van der Waals surface area contributed by atoms with Crippen LogP contribution in [0, 0.1) is 0 Å². The van der Waals surface area contributed by atoms with Crippen molar-refractivity contribution < 1.29 is 27.8 Å². The number of hydrogen-bond donors (Lipinski definition) is 2. The Morgan fingerprint density at radius 1 is 1.62 bits per heavy atom. The molecule has 0 rings (SSSR count). The summed E-state index contributed by atoms with van der Waals surface area (Å²) in [6.45, 7) is -2.07. The first-order chi connectivity index (χ1) is 5.90. The molecule has 0 aliphatic carbocycles. The van der Waals surface area contributed by atoms with Crippen LogP contribution in [0.15, 0.2) is 0 Å². The predicted octanol–water partition coefficient (Wildman–Crippen LogP) is -0.328. The molecule has 0 amide bonds. The number of rotatable bonds is 4. The van der Waals surface area contributed by atoms with Crippen LogP contribution >= 0.6 is 0 Å². The number of methoxy groups -OCH3 is 1. The Morgan fingerprint density at radius 3 is 2.46 bits per heavy atom. The van der Waals surface area contributed by atoms with Gasteiger partial charge in [-0.05, 0) is 0 Å². The zero-order valence-electron chi connectivity index (χ0n) is 6.89. The first kappa shape index (κ1) is 12.2. The van der Waals surface area contributed by atoms with E-state index < -0.39 is 31.3 Å². The molecule has 0 heterocycles. The molecule has 0 spiro atoms. The number of ether oxygens (including phenoxy) is 1. The van der Waals surface area contributed by atoms with Gasteiger partial charge in [0.15, 0.2) is 0 Å². The van der Waals surface area contributed by atoms with Crippen molar-refractivity contribution in [1.29, 1.82) is 0 Å². The summed E-state index contributed by atoms with van der Waals surface area (Å²) in [7, 11) is 1.03. The fourth-order valence-electron chi connectivity index (χ4n) is 0.604. The van der Waals surface area contributed by atoms with Crippen LogP contribution in [0.3, 0.4) is 0 Å². The molecule has 0 aromatic carbocycles. The van der Waals surface area contributed by atoms with E-state index in [9.17, 15) is 18.0 Å². The molecular formula is C6H10F3NO3. The normalized spacial score (nSPS) is 13.9. The molecule has 0 aliphatic rings. The van der Waals surface area contributed by atoms with Gasteiger partial charge in [0.2, 0.25) is 0 Å². The van der Waals surface area contributed by atoms with Crippen molar-refractivity contribution in [3.8, 4) is 0 Å². The highest BCUT2D eigenvalue weighted by Gasteiger charge is 2.30. The molecule has 0 saturated heterocycles. The van der Waals surface area contributed by atoms with E-state index in [1.807, 2.05) is 5.32 Å². The second kappa shape index (κ2) is 5.03. The van der Waals surface area contributed by atoms with Gasteiger partial charge in [-0.15, -0.1) is 0 Å². The van der Waals surface area contributed by atoms with E-state index in [4.69, 9.17) is 5.11 Å². The fraction of sp³-hybridized carbons (Fsp3) is 0.833.